The lowest BCUT2D eigenvalue weighted by Crippen LogP contribution is -2.32. The van der Waals surface area contributed by atoms with Crippen LogP contribution in [0.5, 0.6) is 11.8 Å². The van der Waals surface area contributed by atoms with E-state index in [0.29, 0.717) is 24.0 Å². The summed E-state index contributed by atoms with van der Waals surface area (Å²) in [5, 5.41) is 2.60. The molecule has 0 aromatic carbocycles. The van der Waals surface area contributed by atoms with E-state index < -0.39 is 11.7 Å². The summed E-state index contributed by atoms with van der Waals surface area (Å²) in [6.07, 6.45) is 2.33. The second-order valence-corrected chi connectivity index (χ2v) is 6.16. The Labute approximate surface area is 165 Å². The first-order valence-electron chi connectivity index (χ1n) is 8.14. The Balaban J connectivity index is 0.000000567. The van der Waals surface area contributed by atoms with Crippen LogP contribution in [0.2, 0.25) is 0 Å². The van der Waals surface area contributed by atoms with Crippen LogP contribution in [0.1, 0.15) is 39.6 Å². The van der Waals surface area contributed by atoms with Crippen LogP contribution in [0, 0.1) is 0 Å². The molecule has 2 heterocycles. The minimum atomic E-state index is -0.507. The third kappa shape index (κ3) is 10.2. The summed E-state index contributed by atoms with van der Waals surface area (Å²) in [5.74, 6) is 1.01. The highest BCUT2D eigenvalue weighted by molar-refractivity contribution is 5.67. The van der Waals surface area contributed by atoms with Crippen LogP contribution < -0.4 is 20.5 Å². The minimum Gasteiger partial charge on any atom is -0.481 e. The van der Waals surface area contributed by atoms with Crippen LogP contribution in [0.15, 0.2) is 24.8 Å². The number of carbonyl (C=O) groups excluding carboxylic acids is 1. The molecule has 10 heteroatoms. The summed E-state index contributed by atoms with van der Waals surface area (Å²) in [4.78, 5) is 26.9. The maximum atomic E-state index is 11.4. The molecule has 2 rings (SSSR count). The van der Waals surface area contributed by atoms with Crippen molar-refractivity contribution in [1.82, 2.24) is 25.3 Å². The monoisotopic (exact) mass is 394 g/mol. The normalized spacial score (nSPS) is 9.93. The zero-order valence-corrected chi connectivity index (χ0v) is 16.2. The molecule has 0 unspecified atom stereocenters. The predicted molar refractivity (Wildman–Crippen MR) is 105 cm³/mol. The Morgan fingerprint density at radius 1 is 1.00 bits per heavy atom. The summed E-state index contributed by atoms with van der Waals surface area (Å²) >= 11 is 0. The molecule has 0 spiro atoms. The van der Waals surface area contributed by atoms with Crippen molar-refractivity contribution < 1.29 is 19.0 Å². The van der Waals surface area contributed by atoms with Crippen molar-refractivity contribution in [3.05, 3.63) is 36.2 Å². The average Bonchev–Trinajstić information content (AvgIpc) is 2.65. The molecule has 2 aromatic heterocycles. The highest BCUT2D eigenvalue weighted by atomic mass is 16.6. The van der Waals surface area contributed by atoms with Crippen molar-refractivity contribution in [2.24, 2.45) is 5.73 Å². The van der Waals surface area contributed by atoms with Crippen molar-refractivity contribution in [2.45, 2.75) is 46.9 Å². The largest absolute Gasteiger partial charge is 0.481 e. The number of methoxy groups -OCH3 is 2. The van der Waals surface area contributed by atoms with E-state index in [-0.39, 0.29) is 14.0 Å². The van der Waals surface area contributed by atoms with Gasteiger partial charge < -0.3 is 25.3 Å². The highest BCUT2D eigenvalue weighted by Crippen LogP contribution is 2.08. The van der Waals surface area contributed by atoms with Crippen molar-refractivity contribution in [3.63, 3.8) is 0 Å². The number of carbonyl (C=O) groups is 1. The van der Waals surface area contributed by atoms with Gasteiger partial charge in [-0.1, -0.05) is 7.43 Å². The van der Waals surface area contributed by atoms with Crippen molar-refractivity contribution in [2.75, 3.05) is 14.2 Å². The fraction of sp³-hybridized carbons (Fsp3) is 0.500. The smallest absolute Gasteiger partial charge is 0.407 e. The number of rotatable bonds is 5. The Bertz CT molecular complexity index is 702. The number of nitrogens with zero attached hydrogens (tertiary/aromatic N) is 4. The first-order valence-corrected chi connectivity index (χ1v) is 8.14. The summed E-state index contributed by atoms with van der Waals surface area (Å²) in [5.41, 5.74) is 6.26. The third-order valence-corrected chi connectivity index (χ3v) is 2.84. The maximum absolute atomic E-state index is 11.4. The molecule has 10 nitrogen and oxygen atoms in total. The van der Waals surface area contributed by atoms with Gasteiger partial charge >= 0.3 is 6.09 Å². The van der Waals surface area contributed by atoms with Gasteiger partial charge in [0.15, 0.2) is 0 Å². The maximum Gasteiger partial charge on any atom is 0.407 e. The standard InChI is InChI=1S/C11H17N3O3.C6H9N3O.CH4/c1-11(2,3)17-10(15)12-6-8-5-9(16-4)14-7-13-8;1-10-6-2-5(3-7)8-4-9-6;/h5,7H,6H2,1-4H3,(H,12,15);2,4H,3,7H2,1H3;1H4. The van der Waals surface area contributed by atoms with E-state index in [1.165, 1.54) is 19.8 Å². The fourth-order valence-corrected chi connectivity index (χ4v) is 1.66. The summed E-state index contributed by atoms with van der Waals surface area (Å²) in [6, 6.07) is 3.36. The Morgan fingerprint density at radius 2 is 1.50 bits per heavy atom. The number of aromatic nitrogens is 4. The Hall–Kier alpha value is -3.01. The topological polar surface area (TPSA) is 134 Å². The lowest BCUT2D eigenvalue weighted by atomic mass is 10.2. The van der Waals surface area contributed by atoms with Crippen molar-refractivity contribution >= 4 is 6.09 Å². The highest BCUT2D eigenvalue weighted by Gasteiger charge is 2.15. The molecular weight excluding hydrogens is 364 g/mol. The van der Waals surface area contributed by atoms with E-state index in [9.17, 15) is 4.79 Å². The average molecular weight is 394 g/mol. The van der Waals surface area contributed by atoms with Gasteiger partial charge in [-0.15, -0.1) is 0 Å². The van der Waals surface area contributed by atoms with Crippen LogP contribution in [-0.2, 0) is 17.8 Å². The zero-order valence-electron chi connectivity index (χ0n) is 16.2. The molecule has 3 N–H and O–H groups in total. The van der Waals surface area contributed by atoms with E-state index in [1.54, 1.807) is 40.0 Å². The van der Waals surface area contributed by atoms with E-state index in [0.717, 1.165) is 5.69 Å². The van der Waals surface area contributed by atoms with Gasteiger partial charge in [-0.25, -0.2) is 24.7 Å². The SMILES string of the molecule is C.COc1cc(CN)ncn1.COc1cc(CNC(=O)OC(C)(C)C)ncn1. The molecule has 0 saturated carbocycles. The number of nitrogens with two attached hydrogens (primary N) is 1. The van der Waals surface area contributed by atoms with Crippen LogP contribution in [-0.4, -0.2) is 45.8 Å². The Morgan fingerprint density at radius 3 is 1.96 bits per heavy atom. The number of hydrogen-bond acceptors (Lipinski definition) is 9. The van der Waals surface area contributed by atoms with E-state index >= 15 is 0 Å². The Kier molecular flexibility index (Phi) is 11.1. The molecule has 28 heavy (non-hydrogen) atoms. The molecule has 156 valence electrons. The van der Waals surface area contributed by atoms with Crippen LogP contribution in [0.4, 0.5) is 4.79 Å². The summed E-state index contributed by atoms with van der Waals surface area (Å²) < 4.78 is 14.9. The minimum absolute atomic E-state index is 0. The van der Waals surface area contributed by atoms with Crippen LogP contribution >= 0.6 is 0 Å². The van der Waals surface area contributed by atoms with Gasteiger partial charge in [-0.05, 0) is 20.8 Å². The zero-order chi connectivity index (χ0) is 20.3. The predicted octanol–water partition coefficient (Wildman–Crippen LogP) is 2.09. The molecule has 0 radical (unpaired) electrons. The van der Waals surface area contributed by atoms with Crippen molar-refractivity contribution in [1.29, 1.82) is 0 Å². The fourth-order valence-electron chi connectivity index (χ4n) is 1.66. The van der Waals surface area contributed by atoms with Gasteiger partial charge in [0.25, 0.3) is 0 Å². The van der Waals surface area contributed by atoms with Crippen LogP contribution in [0.3, 0.4) is 0 Å². The van der Waals surface area contributed by atoms with Crippen LogP contribution in [0.25, 0.3) is 0 Å². The summed E-state index contributed by atoms with van der Waals surface area (Å²) in [7, 11) is 3.08. The molecule has 0 aliphatic rings. The number of alkyl carbamates (subject to hydrolysis) is 1. The molecule has 0 saturated heterocycles. The van der Waals surface area contributed by atoms with Gasteiger partial charge in [0.05, 0.1) is 32.2 Å². The van der Waals surface area contributed by atoms with Gasteiger partial charge in [0, 0.05) is 18.7 Å². The quantitative estimate of drug-likeness (QED) is 0.781. The number of ether oxygens (including phenoxy) is 3. The van der Waals surface area contributed by atoms with E-state index in [4.69, 9.17) is 19.9 Å². The van der Waals surface area contributed by atoms with Gasteiger partial charge in [-0.2, -0.15) is 0 Å². The molecule has 2 aromatic rings. The lowest BCUT2D eigenvalue weighted by molar-refractivity contribution is 0.0523. The second-order valence-electron chi connectivity index (χ2n) is 6.16. The van der Waals surface area contributed by atoms with Gasteiger partial charge in [0.1, 0.15) is 18.3 Å². The molecule has 0 atom stereocenters. The first kappa shape index (κ1) is 25.0. The molecule has 0 aliphatic heterocycles. The number of amides is 1. The first-order chi connectivity index (χ1) is 12.8. The molecule has 0 aliphatic carbocycles. The van der Waals surface area contributed by atoms with Crippen molar-refractivity contribution in [3.8, 4) is 11.8 Å². The molecular formula is C18H30N6O4. The second kappa shape index (κ2) is 12.4. The summed E-state index contributed by atoms with van der Waals surface area (Å²) in [6.45, 7) is 6.10. The lowest BCUT2D eigenvalue weighted by Gasteiger charge is -2.19. The van der Waals surface area contributed by atoms with E-state index in [1.807, 2.05) is 0 Å². The molecule has 0 bridgehead atoms. The molecule has 0 fully saturated rings. The number of hydrogen-bond donors (Lipinski definition) is 2. The third-order valence-electron chi connectivity index (χ3n) is 2.84. The number of nitrogens with one attached hydrogen (secondary N) is 1. The van der Waals surface area contributed by atoms with Gasteiger partial charge in [-0.3, -0.25) is 0 Å². The van der Waals surface area contributed by atoms with Gasteiger partial charge in [0.2, 0.25) is 11.8 Å². The van der Waals surface area contributed by atoms with E-state index in [2.05, 4.69) is 25.3 Å². The molecule has 1 amide bonds.